The van der Waals surface area contributed by atoms with Crippen LogP contribution in [0.1, 0.15) is 28.9 Å². The van der Waals surface area contributed by atoms with Crippen molar-refractivity contribution >= 4 is 37.8 Å². The Labute approximate surface area is 215 Å². The molecule has 1 unspecified atom stereocenters. The predicted molar refractivity (Wildman–Crippen MR) is 136 cm³/mol. The molecule has 0 fully saturated rings. The highest BCUT2D eigenvalue weighted by molar-refractivity contribution is 9.11. The van der Waals surface area contributed by atoms with Gasteiger partial charge in [0.15, 0.2) is 5.75 Å². The zero-order valence-electron chi connectivity index (χ0n) is 18.2. The van der Waals surface area contributed by atoms with E-state index in [2.05, 4.69) is 47.3 Å². The van der Waals surface area contributed by atoms with Crippen LogP contribution in [0, 0.1) is 0 Å². The number of nitrogens with zero attached hydrogens (tertiary/aromatic N) is 2. The number of rotatable bonds is 6. The molecule has 0 saturated heterocycles. The molecule has 1 heterocycles. The second-order valence-electron chi connectivity index (χ2n) is 7.48. The summed E-state index contributed by atoms with van der Waals surface area (Å²) in [6, 6.07) is 16.7. The van der Waals surface area contributed by atoms with Crippen LogP contribution < -0.4 is 21.3 Å². The van der Waals surface area contributed by atoms with Crippen LogP contribution in [0.3, 0.4) is 0 Å². The summed E-state index contributed by atoms with van der Waals surface area (Å²) < 4.78 is 7.93. The zero-order valence-corrected chi connectivity index (χ0v) is 21.3. The first kappa shape index (κ1) is 24.4. The molecule has 0 spiro atoms. The number of halogens is 2. The highest BCUT2D eigenvalue weighted by Crippen LogP contribution is 2.39. The number of hydrogen-bond acceptors (Lipinski definition) is 6. The first-order valence-corrected chi connectivity index (χ1v) is 11.9. The Morgan fingerprint density at radius 3 is 2.43 bits per heavy atom. The van der Waals surface area contributed by atoms with Gasteiger partial charge in [-0.3, -0.25) is 14.6 Å². The van der Waals surface area contributed by atoms with Gasteiger partial charge in [0.05, 0.1) is 26.2 Å². The molecule has 0 aliphatic rings. The lowest BCUT2D eigenvalue weighted by Gasteiger charge is -2.16. The van der Waals surface area contributed by atoms with E-state index in [4.69, 9.17) is 4.74 Å². The Morgan fingerprint density at radius 1 is 1.09 bits per heavy atom. The summed E-state index contributed by atoms with van der Waals surface area (Å²) in [5.74, 6) is 0.0168. The van der Waals surface area contributed by atoms with Crippen LogP contribution in [-0.4, -0.2) is 25.8 Å². The molecule has 0 radical (unpaired) electrons. The topological polar surface area (TPSA) is 126 Å². The monoisotopic (exact) mass is 600 g/mol. The van der Waals surface area contributed by atoms with Gasteiger partial charge in [-0.2, -0.15) is 9.78 Å². The van der Waals surface area contributed by atoms with Crippen LogP contribution in [0.15, 0.2) is 85.4 Å². The lowest BCUT2D eigenvalue weighted by molar-refractivity contribution is 0.0937. The highest BCUT2D eigenvalue weighted by atomic mass is 79.9. The Hall–Kier alpha value is -3.70. The number of benzene rings is 3. The molecule has 3 aromatic carbocycles. The summed E-state index contributed by atoms with van der Waals surface area (Å²) >= 11 is 6.83. The van der Waals surface area contributed by atoms with Crippen molar-refractivity contribution in [3.05, 3.63) is 108 Å². The lowest BCUT2D eigenvalue weighted by Crippen LogP contribution is -2.30. The maximum atomic E-state index is 12.8. The number of nitrogens with one attached hydrogen (secondary N) is 2. The van der Waals surface area contributed by atoms with Crippen molar-refractivity contribution in [1.82, 2.24) is 20.1 Å². The summed E-state index contributed by atoms with van der Waals surface area (Å²) in [5, 5.41) is 17.0. The molecule has 1 atom stereocenters. The number of aromatic amines is 1. The number of aromatic nitrogens is 3. The third kappa shape index (κ3) is 5.52. The number of phenols is 1. The van der Waals surface area contributed by atoms with E-state index in [1.807, 2.05) is 37.3 Å². The average Bonchev–Trinajstić information content (AvgIpc) is 2.82. The van der Waals surface area contributed by atoms with E-state index in [1.165, 1.54) is 18.2 Å². The number of phenolic OH excluding ortho intramolecular Hbond substituents is 1. The Morgan fingerprint density at radius 2 is 1.77 bits per heavy atom. The lowest BCUT2D eigenvalue weighted by atomic mass is 10.1. The van der Waals surface area contributed by atoms with Gasteiger partial charge in [0.1, 0.15) is 17.7 Å². The number of hydrogen-bond donors (Lipinski definition) is 3. The molecule has 178 valence electrons. The summed E-state index contributed by atoms with van der Waals surface area (Å²) in [7, 11) is 0. The summed E-state index contributed by atoms with van der Waals surface area (Å²) in [5.41, 5.74) is 0.0616. The van der Waals surface area contributed by atoms with E-state index in [-0.39, 0.29) is 17.4 Å². The van der Waals surface area contributed by atoms with Gasteiger partial charge < -0.3 is 15.2 Å². The van der Waals surface area contributed by atoms with E-state index >= 15 is 0 Å². The molecule has 4 aromatic rings. The number of ether oxygens (including phenoxy) is 1. The molecule has 4 rings (SSSR count). The fourth-order valence-electron chi connectivity index (χ4n) is 3.28. The number of aromatic hydroxyl groups is 1. The maximum absolute atomic E-state index is 12.8. The summed E-state index contributed by atoms with van der Waals surface area (Å²) in [4.78, 5) is 38.3. The third-order valence-corrected chi connectivity index (χ3v) is 6.20. The average molecular weight is 602 g/mol. The van der Waals surface area contributed by atoms with Crippen molar-refractivity contribution in [2.45, 2.75) is 13.0 Å². The number of carbonyl (C=O) groups excluding carboxylic acids is 1. The van der Waals surface area contributed by atoms with Gasteiger partial charge in [-0.1, -0.05) is 30.3 Å². The minimum atomic E-state index is -0.691. The number of amides is 1. The molecule has 1 aromatic heterocycles. The Bertz CT molecular complexity index is 1500. The second kappa shape index (κ2) is 10.3. The normalized spacial score (nSPS) is 11.6. The molecule has 11 heteroatoms. The highest BCUT2D eigenvalue weighted by Gasteiger charge is 2.18. The van der Waals surface area contributed by atoms with Gasteiger partial charge in [-0.05, 0) is 74.7 Å². The van der Waals surface area contributed by atoms with Gasteiger partial charge >= 0.3 is 5.69 Å². The molecule has 35 heavy (non-hydrogen) atoms. The molecule has 0 aliphatic heterocycles. The van der Waals surface area contributed by atoms with Crippen molar-refractivity contribution < 1.29 is 14.6 Å². The summed E-state index contributed by atoms with van der Waals surface area (Å²) in [6.07, 6.45) is 0.995. The van der Waals surface area contributed by atoms with E-state index in [1.54, 1.807) is 12.1 Å². The molecule has 9 nitrogen and oxygen atoms in total. The van der Waals surface area contributed by atoms with Crippen LogP contribution in [0.2, 0.25) is 0 Å². The smallest absolute Gasteiger partial charge is 0.349 e. The second-order valence-corrected chi connectivity index (χ2v) is 9.18. The quantitative estimate of drug-likeness (QED) is 0.300. The van der Waals surface area contributed by atoms with Crippen molar-refractivity contribution in [1.29, 1.82) is 0 Å². The van der Waals surface area contributed by atoms with Crippen molar-refractivity contribution in [2.24, 2.45) is 0 Å². The van der Waals surface area contributed by atoms with Crippen LogP contribution in [0.5, 0.6) is 17.2 Å². The summed E-state index contributed by atoms with van der Waals surface area (Å²) in [6.45, 7) is 1.85. The minimum Gasteiger partial charge on any atom is -0.507 e. The molecular weight excluding hydrogens is 584 g/mol. The molecule has 0 saturated carbocycles. The van der Waals surface area contributed by atoms with E-state index in [0.717, 1.165) is 16.4 Å². The van der Waals surface area contributed by atoms with Crippen LogP contribution >= 0.6 is 31.9 Å². The van der Waals surface area contributed by atoms with Gasteiger partial charge in [-0.15, -0.1) is 0 Å². The molecular formula is C24H18Br2N4O5. The predicted octanol–water partition coefficient (Wildman–Crippen LogP) is 4.43. The van der Waals surface area contributed by atoms with E-state index in [0.29, 0.717) is 26.1 Å². The fraction of sp³-hybridized carbons (Fsp3) is 0.0833. The first-order chi connectivity index (χ1) is 16.7. The number of H-pyrrole nitrogens is 1. The van der Waals surface area contributed by atoms with Gasteiger partial charge in [0.25, 0.3) is 11.5 Å². The van der Waals surface area contributed by atoms with E-state index in [9.17, 15) is 19.5 Å². The molecule has 1 amide bonds. The third-order valence-electron chi connectivity index (χ3n) is 5.02. The van der Waals surface area contributed by atoms with Crippen LogP contribution in [0.25, 0.3) is 5.69 Å². The maximum Gasteiger partial charge on any atom is 0.349 e. The van der Waals surface area contributed by atoms with Crippen LogP contribution in [-0.2, 0) is 0 Å². The van der Waals surface area contributed by atoms with E-state index < -0.39 is 17.2 Å². The van der Waals surface area contributed by atoms with Crippen molar-refractivity contribution in [3.8, 4) is 22.9 Å². The SMILES string of the molecule is CC(NC(=O)c1cc(Oc2c(Br)cc(-n3ncc(=O)[nH]c3=O)cc2Br)ccc1O)c1ccccc1. The standard InChI is InChI=1S/C24H18Br2N4O5/c1-13(14-5-3-2-4-6-14)28-23(33)17-11-16(7-8-20(17)31)35-22-18(25)9-15(10-19(22)26)30-24(34)29-21(32)12-27-30/h2-13,31H,1H3,(H,28,33)(H,29,32,34). The molecule has 3 N–H and O–H groups in total. The van der Waals surface area contributed by atoms with Crippen molar-refractivity contribution in [3.63, 3.8) is 0 Å². The van der Waals surface area contributed by atoms with Gasteiger partial charge in [0.2, 0.25) is 0 Å². The van der Waals surface area contributed by atoms with Crippen molar-refractivity contribution in [2.75, 3.05) is 0 Å². The molecule has 0 bridgehead atoms. The van der Waals surface area contributed by atoms with Gasteiger partial charge in [0, 0.05) is 0 Å². The fourth-order valence-corrected chi connectivity index (χ4v) is 4.61. The molecule has 0 aliphatic carbocycles. The minimum absolute atomic E-state index is 0.0538. The first-order valence-electron chi connectivity index (χ1n) is 10.3. The largest absolute Gasteiger partial charge is 0.507 e. The Balaban J connectivity index is 1.59. The van der Waals surface area contributed by atoms with Crippen LogP contribution in [0.4, 0.5) is 0 Å². The Kier molecular flexibility index (Phi) is 7.17. The zero-order chi connectivity index (χ0) is 25.1. The van der Waals surface area contributed by atoms with Gasteiger partial charge in [-0.25, -0.2) is 4.79 Å². The number of carbonyl (C=O) groups is 1.